The molecule has 1 unspecified atom stereocenters. The second-order valence-electron chi connectivity index (χ2n) is 17.4. The molecule has 0 fully saturated rings. The van der Waals surface area contributed by atoms with Gasteiger partial charge in [0.25, 0.3) is 0 Å². The van der Waals surface area contributed by atoms with E-state index in [0.29, 0.717) is 12.8 Å². The molecule has 0 rings (SSSR count). The number of esters is 3. The lowest BCUT2D eigenvalue weighted by Crippen LogP contribution is -2.30. The van der Waals surface area contributed by atoms with Crippen LogP contribution in [0, 0.1) is 0 Å². The average Bonchev–Trinajstić information content (AvgIpc) is 3.27. The van der Waals surface area contributed by atoms with E-state index in [1.54, 1.807) is 0 Å². The van der Waals surface area contributed by atoms with Gasteiger partial charge in [-0.1, -0.05) is 229 Å². The summed E-state index contributed by atoms with van der Waals surface area (Å²) in [5.74, 6) is -0.977. The van der Waals surface area contributed by atoms with E-state index in [-0.39, 0.29) is 44.0 Å². The fraction of sp³-hybridized carbons (Fsp3) is 0.768. The third kappa shape index (κ3) is 48.1. The molecule has 0 aliphatic heterocycles. The van der Waals surface area contributed by atoms with E-state index in [4.69, 9.17) is 14.2 Å². The highest BCUT2D eigenvalue weighted by atomic mass is 16.6. The van der Waals surface area contributed by atoms with Crippen LogP contribution in [0.3, 0.4) is 0 Å². The quantitative estimate of drug-likeness (QED) is 0.0199. The van der Waals surface area contributed by atoms with Crippen molar-refractivity contribution in [2.45, 2.75) is 264 Å². The zero-order valence-electron chi connectivity index (χ0n) is 40.9. The summed E-state index contributed by atoms with van der Waals surface area (Å²) in [7, 11) is 0. The first-order chi connectivity index (χ1) is 30.5. The van der Waals surface area contributed by atoms with Crippen molar-refractivity contribution >= 4 is 17.9 Å². The van der Waals surface area contributed by atoms with Crippen molar-refractivity contribution in [3.63, 3.8) is 0 Å². The van der Waals surface area contributed by atoms with Crippen LogP contribution in [0.25, 0.3) is 0 Å². The van der Waals surface area contributed by atoms with Gasteiger partial charge in [-0.3, -0.25) is 14.4 Å². The maximum Gasteiger partial charge on any atom is 0.306 e. The van der Waals surface area contributed by atoms with Crippen LogP contribution in [0.15, 0.2) is 60.8 Å². The molecular weight excluding hydrogens is 769 g/mol. The maximum absolute atomic E-state index is 12.8. The maximum atomic E-state index is 12.8. The summed E-state index contributed by atoms with van der Waals surface area (Å²) in [6.45, 7) is 6.46. The van der Waals surface area contributed by atoms with Crippen LogP contribution >= 0.6 is 0 Å². The Balaban J connectivity index is 4.41. The first-order valence-electron chi connectivity index (χ1n) is 26.3. The van der Waals surface area contributed by atoms with E-state index in [1.165, 1.54) is 135 Å². The van der Waals surface area contributed by atoms with Gasteiger partial charge in [-0.25, -0.2) is 0 Å². The van der Waals surface area contributed by atoms with Gasteiger partial charge in [0.05, 0.1) is 0 Å². The fourth-order valence-electron chi connectivity index (χ4n) is 7.34. The highest BCUT2D eigenvalue weighted by Crippen LogP contribution is 2.15. The molecule has 0 aromatic carbocycles. The Morgan fingerprint density at radius 2 is 0.694 bits per heavy atom. The van der Waals surface area contributed by atoms with E-state index >= 15 is 0 Å². The summed E-state index contributed by atoms with van der Waals surface area (Å²) >= 11 is 0. The monoisotopic (exact) mass is 867 g/mol. The van der Waals surface area contributed by atoms with Gasteiger partial charge in [-0.15, -0.1) is 0 Å². The zero-order chi connectivity index (χ0) is 45.1. The van der Waals surface area contributed by atoms with Crippen LogP contribution < -0.4 is 0 Å². The minimum absolute atomic E-state index is 0.0986. The molecule has 0 saturated carbocycles. The molecule has 0 amide bonds. The normalized spacial score (nSPS) is 12.5. The van der Waals surface area contributed by atoms with Gasteiger partial charge in [-0.05, 0) is 70.6 Å². The Morgan fingerprint density at radius 1 is 0.355 bits per heavy atom. The number of carbonyl (C=O) groups excluding carboxylic acids is 3. The molecule has 0 heterocycles. The third-order valence-electron chi connectivity index (χ3n) is 11.3. The molecule has 6 nitrogen and oxygen atoms in total. The largest absolute Gasteiger partial charge is 0.462 e. The highest BCUT2D eigenvalue weighted by molar-refractivity contribution is 5.71. The molecule has 358 valence electrons. The second kappa shape index (κ2) is 50.8. The SMILES string of the molecule is CC/C=C\C/C=C\C/C=C\CCCC(=O)OCC(COC(=O)CCCCCCCCCCCCCCCCCCC)OC(=O)CCCCC/C=C\C=C/CCCCCCCCC. The van der Waals surface area contributed by atoms with Crippen molar-refractivity contribution in [3.05, 3.63) is 60.8 Å². The van der Waals surface area contributed by atoms with Gasteiger partial charge in [0.2, 0.25) is 0 Å². The first-order valence-corrected chi connectivity index (χ1v) is 26.3. The van der Waals surface area contributed by atoms with Crippen molar-refractivity contribution < 1.29 is 28.6 Å². The minimum Gasteiger partial charge on any atom is -0.462 e. The lowest BCUT2D eigenvalue weighted by molar-refractivity contribution is -0.167. The lowest BCUT2D eigenvalue weighted by Gasteiger charge is -2.18. The summed E-state index contributed by atoms with van der Waals surface area (Å²) in [6, 6.07) is 0. The molecule has 0 N–H and O–H groups in total. The molecule has 62 heavy (non-hydrogen) atoms. The minimum atomic E-state index is -0.805. The number of rotatable bonds is 47. The van der Waals surface area contributed by atoms with Gasteiger partial charge < -0.3 is 14.2 Å². The zero-order valence-corrected chi connectivity index (χ0v) is 40.9. The standard InChI is InChI=1S/C56H98O6/c1-4-7-10-13-16-19-22-24-26-28-30-31-34-37-40-43-46-49-55(58)61-52-53(51-60-54(57)48-45-42-39-36-33-21-18-15-12-9-6-3)62-56(59)50-47-44-41-38-35-32-29-27-25-23-20-17-14-11-8-5-2/h9,12,18,21,27,29,32,35-36,39,53H,4-8,10-11,13-17,19-20,22-26,28,30-31,33-34,37-38,40-52H2,1-3H3/b12-9-,21-18-,29-27-,35-32-,39-36-. The Morgan fingerprint density at radius 3 is 1.15 bits per heavy atom. The van der Waals surface area contributed by atoms with Crippen LogP contribution in [0.1, 0.15) is 258 Å². The molecule has 0 radical (unpaired) electrons. The van der Waals surface area contributed by atoms with Crippen molar-refractivity contribution in [1.29, 1.82) is 0 Å². The third-order valence-corrected chi connectivity index (χ3v) is 11.3. The van der Waals surface area contributed by atoms with Crippen LogP contribution in [0.4, 0.5) is 0 Å². The van der Waals surface area contributed by atoms with E-state index in [1.807, 2.05) is 0 Å². The van der Waals surface area contributed by atoms with Gasteiger partial charge in [-0.2, -0.15) is 0 Å². The first kappa shape index (κ1) is 59.1. The van der Waals surface area contributed by atoms with Crippen LogP contribution in [-0.4, -0.2) is 37.2 Å². The van der Waals surface area contributed by atoms with Crippen LogP contribution in [0.2, 0.25) is 0 Å². The molecule has 0 aliphatic carbocycles. The molecule has 1 atom stereocenters. The number of carbonyl (C=O) groups is 3. The Kier molecular flexibility index (Phi) is 48.4. The molecule has 0 bridgehead atoms. The Bertz CT molecular complexity index is 1130. The van der Waals surface area contributed by atoms with Gasteiger partial charge in [0, 0.05) is 19.3 Å². The smallest absolute Gasteiger partial charge is 0.306 e. The summed E-state index contributed by atoms with van der Waals surface area (Å²) in [4.78, 5) is 37.9. The van der Waals surface area contributed by atoms with Crippen LogP contribution in [0.5, 0.6) is 0 Å². The molecule has 6 heteroatoms. The van der Waals surface area contributed by atoms with Gasteiger partial charge in [0.15, 0.2) is 6.10 Å². The lowest BCUT2D eigenvalue weighted by atomic mass is 10.0. The molecule has 0 spiro atoms. The Labute approximate surface area is 383 Å². The molecular formula is C56H98O6. The van der Waals surface area contributed by atoms with E-state index in [9.17, 15) is 14.4 Å². The van der Waals surface area contributed by atoms with E-state index in [2.05, 4.69) is 81.5 Å². The predicted octanol–water partition coefficient (Wildman–Crippen LogP) is 17.3. The number of ether oxygens (including phenoxy) is 3. The highest BCUT2D eigenvalue weighted by Gasteiger charge is 2.19. The summed E-state index contributed by atoms with van der Waals surface area (Å²) < 4.78 is 16.7. The second-order valence-corrected chi connectivity index (χ2v) is 17.4. The summed E-state index contributed by atoms with van der Waals surface area (Å²) in [5, 5.41) is 0. The van der Waals surface area contributed by atoms with Crippen molar-refractivity contribution in [3.8, 4) is 0 Å². The van der Waals surface area contributed by atoms with Gasteiger partial charge in [0.1, 0.15) is 13.2 Å². The topological polar surface area (TPSA) is 78.9 Å². The molecule has 0 aromatic rings. The predicted molar refractivity (Wildman–Crippen MR) is 265 cm³/mol. The Hall–Kier alpha value is -2.89. The van der Waals surface area contributed by atoms with E-state index < -0.39 is 6.10 Å². The van der Waals surface area contributed by atoms with E-state index in [0.717, 1.165) is 77.0 Å². The van der Waals surface area contributed by atoms with Crippen molar-refractivity contribution in [2.75, 3.05) is 13.2 Å². The summed E-state index contributed by atoms with van der Waals surface area (Å²) in [6.07, 6.45) is 62.2. The fourth-order valence-corrected chi connectivity index (χ4v) is 7.34. The average molecular weight is 867 g/mol. The number of unbranched alkanes of at least 4 members (excludes halogenated alkanes) is 27. The summed E-state index contributed by atoms with van der Waals surface area (Å²) in [5.41, 5.74) is 0. The molecule has 0 aromatic heterocycles. The number of allylic oxidation sites excluding steroid dienone is 10. The molecule has 0 saturated heterocycles. The van der Waals surface area contributed by atoms with Crippen LogP contribution in [-0.2, 0) is 28.6 Å². The van der Waals surface area contributed by atoms with Crippen molar-refractivity contribution in [2.24, 2.45) is 0 Å². The molecule has 0 aliphatic rings. The number of hydrogen-bond donors (Lipinski definition) is 0. The van der Waals surface area contributed by atoms with Crippen molar-refractivity contribution in [1.82, 2.24) is 0 Å². The number of hydrogen-bond acceptors (Lipinski definition) is 6. The van der Waals surface area contributed by atoms with Gasteiger partial charge >= 0.3 is 17.9 Å².